The molecule has 1 aromatic carbocycles. The Bertz CT molecular complexity index is 774. The lowest BCUT2D eigenvalue weighted by Crippen LogP contribution is -2.45. The molecule has 0 saturated carbocycles. The van der Waals surface area contributed by atoms with Crippen LogP contribution in [0.4, 0.5) is 0 Å². The highest BCUT2D eigenvalue weighted by Crippen LogP contribution is 2.25. The van der Waals surface area contributed by atoms with Gasteiger partial charge in [-0.25, -0.2) is 0 Å². The zero-order valence-corrected chi connectivity index (χ0v) is 16.5. The van der Waals surface area contributed by atoms with Gasteiger partial charge < -0.3 is 14.5 Å². The lowest BCUT2D eigenvalue weighted by Gasteiger charge is -2.35. The van der Waals surface area contributed by atoms with E-state index in [0.29, 0.717) is 31.7 Å². The Morgan fingerprint density at radius 3 is 2.43 bits per heavy atom. The molecule has 1 aliphatic rings. The zero-order chi connectivity index (χ0) is 19.9. The van der Waals surface area contributed by atoms with Crippen LogP contribution in [0.15, 0.2) is 54.9 Å². The van der Waals surface area contributed by atoms with Crippen molar-refractivity contribution in [2.45, 2.75) is 25.8 Å². The molecule has 148 valence electrons. The maximum atomic E-state index is 12.9. The minimum absolute atomic E-state index is 0.00515. The van der Waals surface area contributed by atoms with E-state index in [1.54, 1.807) is 22.2 Å². The molecule has 0 N–H and O–H groups in total. The first kappa shape index (κ1) is 19.9. The fourth-order valence-corrected chi connectivity index (χ4v) is 3.47. The average Bonchev–Trinajstić information content (AvgIpc) is 2.77. The molecular weight excluding hydrogens is 354 g/mol. The number of carbonyl (C=O) groups is 2. The molecule has 2 aromatic rings. The van der Waals surface area contributed by atoms with Gasteiger partial charge in [0.05, 0.1) is 6.04 Å². The van der Waals surface area contributed by atoms with Crippen molar-refractivity contribution >= 4 is 11.8 Å². The highest BCUT2D eigenvalue weighted by atomic mass is 16.5. The molecule has 0 radical (unpaired) electrons. The Labute approximate surface area is 166 Å². The Hall–Kier alpha value is -2.89. The van der Waals surface area contributed by atoms with Gasteiger partial charge in [-0.1, -0.05) is 18.2 Å². The number of piperidine rings is 1. The van der Waals surface area contributed by atoms with Gasteiger partial charge in [0.2, 0.25) is 5.91 Å². The predicted molar refractivity (Wildman–Crippen MR) is 107 cm³/mol. The first-order chi connectivity index (χ1) is 13.6. The van der Waals surface area contributed by atoms with E-state index in [1.165, 1.54) is 0 Å². The fraction of sp³-hybridized carbons (Fsp3) is 0.409. The Morgan fingerprint density at radius 1 is 1.14 bits per heavy atom. The van der Waals surface area contributed by atoms with Crippen LogP contribution in [-0.4, -0.2) is 53.3 Å². The van der Waals surface area contributed by atoms with Gasteiger partial charge in [-0.2, -0.15) is 0 Å². The maximum absolute atomic E-state index is 12.9. The van der Waals surface area contributed by atoms with E-state index < -0.39 is 0 Å². The van der Waals surface area contributed by atoms with Gasteiger partial charge in [-0.05, 0) is 49.6 Å². The minimum atomic E-state index is -0.0478. The number of para-hydroxylation sites is 1. The van der Waals surface area contributed by atoms with Crippen LogP contribution in [0.3, 0.4) is 0 Å². The van der Waals surface area contributed by atoms with E-state index in [-0.39, 0.29) is 30.4 Å². The second kappa shape index (κ2) is 9.35. The van der Waals surface area contributed by atoms with Gasteiger partial charge >= 0.3 is 0 Å². The summed E-state index contributed by atoms with van der Waals surface area (Å²) in [7, 11) is 1.85. The van der Waals surface area contributed by atoms with E-state index in [2.05, 4.69) is 4.98 Å². The number of hydrogen-bond donors (Lipinski definition) is 0. The fourth-order valence-electron chi connectivity index (χ4n) is 3.47. The van der Waals surface area contributed by atoms with Crippen molar-refractivity contribution in [3.05, 3.63) is 60.4 Å². The molecule has 0 aliphatic carbocycles. The molecular formula is C22H27N3O3. The summed E-state index contributed by atoms with van der Waals surface area (Å²) in [6, 6.07) is 13.2. The molecule has 1 atom stereocenters. The van der Waals surface area contributed by atoms with E-state index in [0.717, 1.165) is 5.56 Å². The molecule has 3 rings (SSSR count). The van der Waals surface area contributed by atoms with Crippen LogP contribution in [0.25, 0.3) is 0 Å². The summed E-state index contributed by atoms with van der Waals surface area (Å²) in [6.07, 6.45) is 4.85. The number of amides is 2. The van der Waals surface area contributed by atoms with Crippen LogP contribution in [0.2, 0.25) is 0 Å². The quantitative estimate of drug-likeness (QED) is 0.772. The summed E-state index contributed by atoms with van der Waals surface area (Å²) in [5.74, 6) is 0.742. The molecule has 1 aliphatic heterocycles. The van der Waals surface area contributed by atoms with E-state index in [1.807, 2.05) is 56.4 Å². The highest BCUT2D eigenvalue weighted by molar-refractivity contribution is 5.81. The lowest BCUT2D eigenvalue weighted by atomic mass is 9.94. The molecule has 1 unspecified atom stereocenters. The second-order valence-electron chi connectivity index (χ2n) is 7.16. The molecule has 28 heavy (non-hydrogen) atoms. The molecule has 0 spiro atoms. The molecule has 1 saturated heterocycles. The number of pyridine rings is 1. The van der Waals surface area contributed by atoms with Gasteiger partial charge in [0, 0.05) is 38.4 Å². The molecule has 0 bridgehead atoms. The van der Waals surface area contributed by atoms with E-state index in [9.17, 15) is 9.59 Å². The SMILES string of the molecule is CC(c1ccncc1)N(C)C(=O)C1CCN(C(=O)COc2ccccc2)CC1. The summed E-state index contributed by atoms with van der Waals surface area (Å²) < 4.78 is 5.54. The van der Waals surface area contributed by atoms with Crippen LogP contribution in [0.5, 0.6) is 5.75 Å². The largest absolute Gasteiger partial charge is 0.484 e. The van der Waals surface area contributed by atoms with Gasteiger partial charge in [0.15, 0.2) is 6.61 Å². The molecule has 2 heterocycles. The lowest BCUT2D eigenvalue weighted by molar-refractivity contribution is -0.142. The molecule has 2 amide bonds. The third-order valence-corrected chi connectivity index (χ3v) is 5.42. The van der Waals surface area contributed by atoms with Crippen LogP contribution in [-0.2, 0) is 9.59 Å². The van der Waals surface area contributed by atoms with Gasteiger partial charge in [0.1, 0.15) is 5.75 Å². The summed E-state index contributed by atoms with van der Waals surface area (Å²) in [5.41, 5.74) is 1.07. The van der Waals surface area contributed by atoms with Gasteiger partial charge in [0.25, 0.3) is 5.91 Å². The predicted octanol–water partition coefficient (Wildman–Crippen LogP) is 2.92. The van der Waals surface area contributed by atoms with Gasteiger partial charge in [-0.3, -0.25) is 14.6 Å². The number of benzene rings is 1. The Kier molecular flexibility index (Phi) is 6.63. The topological polar surface area (TPSA) is 62.7 Å². The molecule has 1 aromatic heterocycles. The minimum Gasteiger partial charge on any atom is -0.484 e. The van der Waals surface area contributed by atoms with Crippen molar-refractivity contribution in [2.24, 2.45) is 5.92 Å². The number of aromatic nitrogens is 1. The van der Waals surface area contributed by atoms with Crippen LogP contribution in [0, 0.1) is 5.92 Å². The highest BCUT2D eigenvalue weighted by Gasteiger charge is 2.30. The number of carbonyl (C=O) groups excluding carboxylic acids is 2. The zero-order valence-electron chi connectivity index (χ0n) is 16.5. The van der Waals surface area contributed by atoms with Crippen LogP contribution >= 0.6 is 0 Å². The van der Waals surface area contributed by atoms with Crippen molar-refractivity contribution in [3.63, 3.8) is 0 Å². The summed E-state index contributed by atoms with van der Waals surface area (Å²) in [6.45, 7) is 3.23. The van der Waals surface area contributed by atoms with Crippen molar-refractivity contribution in [2.75, 3.05) is 26.7 Å². The normalized spacial score (nSPS) is 15.7. The monoisotopic (exact) mass is 381 g/mol. The van der Waals surface area contributed by atoms with E-state index in [4.69, 9.17) is 4.74 Å². The van der Waals surface area contributed by atoms with Gasteiger partial charge in [-0.15, -0.1) is 0 Å². The molecule has 1 fully saturated rings. The summed E-state index contributed by atoms with van der Waals surface area (Å²) in [4.78, 5) is 32.9. The second-order valence-corrected chi connectivity index (χ2v) is 7.16. The Morgan fingerprint density at radius 2 is 1.79 bits per heavy atom. The van der Waals surface area contributed by atoms with Crippen molar-refractivity contribution in [1.82, 2.24) is 14.8 Å². The molecule has 6 nitrogen and oxygen atoms in total. The maximum Gasteiger partial charge on any atom is 0.260 e. The smallest absolute Gasteiger partial charge is 0.260 e. The number of ether oxygens (including phenoxy) is 1. The first-order valence-electron chi connectivity index (χ1n) is 9.68. The summed E-state index contributed by atoms with van der Waals surface area (Å²) in [5, 5.41) is 0. The standard InChI is InChI=1S/C22H27N3O3/c1-17(18-8-12-23-13-9-18)24(2)22(27)19-10-14-25(15-11-19)21(26)16-28-20-6-4-3-5-7-20/h3-9,12-13,17,19H,10-11,14-16H2,1-2H3. The van der Waals surface area contributed by atoms with Crippen molar-refractivity contribution < 1.29 is 14.3 Å². The van der Waals surface area contributed by atoms with Crippen LogP contribution < -0.4 is 4.74 Å². The first-order valence-corrected chi connectivity index (χ1v) is 9.68. The average molecular weight is 381 g/mol. The molecule has 6 heteroatoms. The number of likely N-dealkylation sites (tertiary alicyclic amines) is 1. The third kappa shape index (κ3) is 4.88. The van der Waals surface area contributed by atoms with Crippen molar-refractivity contribution in [3.8, 4) is 5.75 Å². The number of rotatable bonds is 6. The van der Waals surface area contributed by atoms with E-state index >= 15 is 0 Å². The van der Waals surface area contributed by atoms with Crippen LogP contribution in [0.1, 0.15) is 31.4 Å². The third-order valence-electron chi connectivity index (χ3n) is 5.42. The number of nitrogens with zero attached hydrogens (tertiary/aromatic N) is 3. The van der Waals surface area contributed by atoms with Crippen molar-refractivity contribution in [1.29, 1.82) is 0 Å². The Balaban J connectivity index is 1.47. The summed E-state index contributed by atoms with van der Waals surface area (Å²) >= 11 is 0. The number of hydrogen-bond acceptors (Lipinski definition) is 4.